The van der Waals surface area contributed by atoms with Crippen molar-refractivity contribution in [1.29, 1.82) is 0 Å². The Morgan fingerprint density at radius 3 is 0.683 bits per heavy atom. The van der Waals surface area contributed by atoms with E-state index >= 15 is 0 Å². The zero-order valence-electron chi connectivity index (χ0n) is 55.5. The lowest BCUT2D eigenvalue weighted by atomic mass is 10.0. The Labute approximate surface area is 512 Å². The molecule has 0 saturated heterocycles. The van der Waals surface area contributed by atoms with Gasteiger partial charge < -0.3 is 14.2 Å². The smallest absolute Gasteiger partial charge is 0.306 e. The number of unbranched alkanes of at least 4 members (excludes halogenated alkanes) is 52. The molecule has 1 unspecified atom stereocenters. The van der Waals surface area contributed by atoms with E-state index < -0.39 is 6.10 Å². The Morgan fingerprint density at radius 2 is 0.439 bits per heavy atom. The normalized spacial score (nSPS) is 12.2. The number of esters is 3. The molecule has 0 fully saturated rings. The lowest BCUT2D eigenvalue weighted by molar-refractivity contribution is -0.167. The molecule has 0 aromatic rings. The van der Waals surface area contributed by atoms with Crippen molar-refractivity contribution in [2.24, 2.45) is 0 Å². The Morgan fingerprint density at radius 1 is 0.244 bits per heavy atom. The Kier molecular flexibility index (Phi) is 69.1. The summed E-state index contributed by atoms with van der Waals surface area (Å²) < 4.78 is 17.0. The number of allylic oxidation sites excluding steroid dienone is 6. The molecule has 6 heteroatoms. The molecule has 0 N–H and O–H groups in total. The van der Waals surface area contributed by atoms with Gasteiger partial charge in [-0.05, 0) is 57.8 Å². The summed E-state index contributed by atoms with van der Waals surface area (Å²) in [4.78, 5) is 38.5. The first-order valence-electron chi connectivity index (χ1n) is 37.0. The zero-order chi connectivity index (χ0) is 59.2. The molecule has 482 valence electrons. The number of hydrogen-bond donors (Lipinski definition) is 0. The largest absolute Gasteiger partial charge is 0.462 e. The van der Waals surface area contributed by atoms with Crippen LogP contribution in [0.25, 0.3) is 0 Å². The van der Waals surface area contributed by atoms with Crippen LogP contribution in [0.5, 0.6) is 0 Å². The van der Waals surface area contributed by atoms with E-state index in [0.29, 0.717) is 19.3 Å². The molecule has 0 aromatic heterocycles. The quantitative estimate of drug-likeness (QED) is 0.0261. The van der Waals surface area contributed by atoms with E-state index in [4.69, 9.17) is 14.2 Å². The van der Waals surface area contributed by atoms with E-state index in [1.807, 2.05) is 0 Å². The van der Waals surface area contributed by atoms with Crippen molar-refractivity contribution in [2.75, 3.05) is 13.2 Å². The van der Waals surface area contributed by atoms with Gasteiger partial charge in [-0.2, -0.15) is 0 Å². The van der Waals surface area contributed by atoms with Crippen molar-refractivity contribution < 1.29 is 28.6 Å². The van der Waals surface area contributed by atoms with Crippen LogP contribution in [0.4, 0.5) is 0 Å². The van der Waals surface area contributed by atoms with Crippen LogP contribution in [0.2, 0.25) is 0 Å². The summed E-state index contributed by atoms with van der Waals surface area (Å²) in [5, 5.41) is 0. The van der Waals surface area contributed by atoms with Gasteiger partial charge in [-0.3, -0.25) is 14.4 Å². The first-order valence-corrected chi connectivity index (χ1v) is 37.0. The van der Waals surface area contributed by atoms with E-state index in [2.05, 4.69) is 57.2 Å². The molecule has 1 atom stereocenters. The molecule has 0 heterocycles. The Bertz CT molecular complexity index is 1370. The molecule has 0 rings (SSSR count). The fourth-order valence-electron chi connectivity index (χ4n) is 11.3. The van der Waals surface area contributed by atoms with Gasteiger partial charge >= 0.3 is 17.9 Å². The van der Waals surface area contributed by atoms with Crippen molar-refractivity contribution in [1.82, 2.24) is 0 Å². The minimum Gasteiger partial charge on any atom is -0.462 e. The van der Waals surface area contributed by atoms with Crippen molar-refractivity contribution in [3.8, 4) is 0 Å². The predicted octanol–water partition coefficient (Wildman–Crippen LogP) is 25.5. The van der Waals surface area contributed by atoms with Crippen molar-refractivity contribution in [2.45, 2.75) is 419 Å². The maximum Gasteiger partial charge on any atom is 0.306 e. The molecule has 0 aliphatic rings. The molecule has 0 spiro atoms. The predicted molar refractivity (Wildman–Crippen MR) is 358 cm³/mol. The van der Waals surface area contributed by atoms with Gasteiger partial charge in [0.2, 0.25) is 0 Å². The molecule has 0 aliphatic heterocycles. The number of ether oxygens (including phenoxy) is 3. The van der Waals surface area contributed by atoms with Gasteiger partial charge in [-0.25, -0.2) is 0 Å². The van der Waals surface area contributed by atoms with Crippen LogP contribution < -0.4 is 0 Å². The SMILES string of the molecule is CCCCCCC/C=C\C/C=C\C/C=C\CCCCCCCCCCCCCCC(=O)OCC(COC(=O)CCCCCCCCCCCCCCCCC)OC(=O)CCCCCCCCCCCCCCCCCCCCCCCC. The second-order valence-corrected chi connectivity index (χ2v) is 25.2. The highest BCUT2D eigenvalue weighted by atomic mass is 16.6. The molecule has 0 saturated carbocycles. The molecular formula is C76H142O6. The van der Waals surface area contributed by atoms with E-state index in [1.54, 1.807) is 0 Å². The highest BCUT2D eigenvalue weighted by molar-refractivity contribution is 5.71. The minimum absolute atomic E-state index is 0.0656. The zero-order valence-corrected chi connectivity index (χ0v) is 55.5. The van der Waals surface area contributed by atoms with Crippen molar-refractivity contribution in [3.63, 3.8) is 0 Å². The highest BCUT2D eigenvalue weighted by Crippen LogP contribution is 2.19. The number of rotatable bonds is 69. The van der Waals surface area contributed by atoms with Crippen LogP contribution in [-0.4, -0.2) is 37.2 Å². The van der Waals surface area contributed by atoms with Crippen LogP contribution in [-0.2, 0) is 28.6 Å². The van der Waals surface area contributed by atoms with Crippen LogP contribution in [0.3, 0.4) is 0 Å². The summed E-state index contributed by atoms with van der Waals surface area (Å²) in [6.45, 7) is 6.72. The molecule has 6 nitrogen and oxygen atoms in total. The standard InChI is InChI=1S/C76H142O6/c1-4-7-10-13-16-19-22-25-28-30-32-34-36-37-38-39-40-42-43-45-48-51-54-57-60-63-66-69-75(78)81-72-73(71-80-74(77)68-65-62-59-56-53-50-47-27-24-21-18-15-12-9-6-3)82-76(79)70-67-64-61-58-55-52-49-46-44-41-35-33-31-29-26-23-20-17-14-11-8-5-2/h22,25,30,32,36-37,73H,4-21,23-24,26-29,31,33-35,38-72H2,1-3H3/b25-22-,32-30-,37-36-. The lowest BCUT2D eigenvalue weighted by Crippen LogP contribution is -2.30. The summed E-state index contributed by atoms with van der Waals surface area (Å²) in [5.74, 6) is -0.833. The van der Waals surface area contributed by atoms with Crippen LogP contribution >= 0.6 is 0 Å². The fourth-order valence-corrected chi connectivity index (χ4v) is 11.3. The first-order chi connectivity index (χ1) is 40.5. The minimum atomic E-state index is -0.770. The van der Waals surface area contributed by atoms with Crippen LogP contribution in [0.1, 0.15) is 412 Å². The number of hydrogen-bond acceptors (Lipinski definition) is 6. The third-order valence-electron chi connectivity index (χ3n) is 16.9. The molecule has 0 aromatic carbocycles. The van der Waals surface area contributed by atoms with Gasteiger partial charge in [0.05, 0.1) is 0 Å². The van der Waals surface area contributed by atoms with Crippen LogP contribution in [0.15, 0.2) is 36.5 Å². The fraction of sp³-hybridized carbons (Fsp3) is 0.882. The third-order valence-corrected chi connectivity index (χ3v) is 16.9. The number of carbonyl (C=O) groups is 3. The Balaban J connectivity index is 4.25. The van der Waals surface area contributed by atoms with Crippen molar-refractivity contribution >= 4 is 17.9 Å². The molecule has 0 aliphatic carbocycles. The summed E-state index contributed by atoms with van der Waals surface area (Å²) in [7, 11) is 0. The first kappa shape index (κ1) is 79.6. The Hall–Kier alpha value is -2.37. The molecule has 0 bridgehead atoms. The van der Waals surface area contributed by atoms with Gasteiger partial charge in [-0.15, -0.1) is 0 Å². The third kappa shape index (κ3) is 68.4. The summed E-state index contributed by atoms with van der Waals surface area (Å²) >= 11 is 0. The van der Waals surface area contributed by atoms with E-state index in [9.17, 15) is 14.4 Å². The molecule has 82 heavy (non-hydrogen) atoms. The van der Waals surface area contributed by atoms with Crippen molar-refractivity contribution in [3.05, 3.63) is 36.5 Å². The van der Waals surface area contributed by atoms with Crippen LogP contribution in [0, 0.1) is 0 Å². The summed E-state index contributed by atoms with van der Waals surface area (Å²) in [5.41, 5.74) is 0. The molecular weight excluding hydrogens is 1010 g/mol. The van der Waals surface area contributed by atoms with E-state index in [0.717, 1.165) is 70.6 Å². The maximum atomic E-state index is 13.0. The number of carbonyl (C=O) groups excluding carboxylic acids is 3. The average Bonchev–Trinajstić information content (AvgIpc) is 3.47. The van der Waals surface area contributed by atoms with Gasteiger partial charge in [0.1, 0.15) is 13.2 Å². The van der Waals surface area contributed by atoms with Gasteiger partial charge in [-0.1, -0.05) is 372 Å². The summed E-state index contributed by atoms with van der Waals surface area (Å²) in [6.07, 6.45) is 88.9. The average molecular weight is 1150 g/mol. The second-order valence-electron chi connectivity index (χ2n) is 25.2. The lowest BCUT2D eigenvalue weighted by Gasteiger charge is -2.18. The van der Waals surface area contributed by atoms with Gasteiger partial charge in [0, 0.05) is 19.3 Å². The van der Waals surface area contributed by atoms with E-state index in [1.165, 1.54) is 302 Å². The second kappa shape index (κ2) is 71.1. The highest BCUT2D eigenvalue weighted by Gasteiger charge is 2.20. The van der Waals surface area contributed by atoms with E-state index in [-0.39, 0.29) is 31.1 Å². The summed E-state index contributed by atoms with van der Waals surface area (Å²) in [6, 6.07) is 0. The maximum absolute atomic E-state index is 13.0. The molecule has 0 amide bonds. The van der Waals surface area contributed by atoms with Gasteiger partial charge in [0.25, 0.3) is 0 Å². The molecule has 0 radical (unpaired) electrons. The topological polar surface area (TPSA) is 78.9 Å². The van der Waals surface area contributed by atoms with Gasteiger partial charge in [0.15, 0.2) is 6.10 Å². The monoisotopic (exact) mass is 1150 g/mol.